The molecule has 1 saturated heterocycles. The summed E-state index contributed by atoms with van der Waals surface area (Å²) in [5.41, 5.74) is 3.78. The molecule has 0 radical (unpaired) electrons. The first kappa shape index (κ1) is 23.6. The predicted octanol–water partition coefficient (Wildman–Crippen LogP) is 5.56. The van der Waals surface area contributed by atoms with E-state index in [4.69, 9.17) is 14.5 Å². The van der Waals surface area contributed by atoms with Gasteiger partial charge in [0.05, 0.1) is 30.0 Å². The number of hydrogen-bond donors (Lipinski definition) is 1. The van der Waals surface area contributed by atoms with Crippen LogP contribution in [-0.2, 0) is 9.59 Å². The Kier molecular flexibility index (Phi) is 5.97. The van der Waals surface area contributed by atoms with Crippen molar-refractivity contribution in [1.82, 2.24) is 4.98 Å². The summed E-state index contributed by atoms with van der Waals surface area (Å²) in [5.74, 6) is -0.722. The van der Waals surface area contributed by atoms with E-state index < -0.39 is 17.7 Å². The maximum atomic E-state index is 13.5. The van der Waals surface area contributed by atoms with Gasteiger partial charge >= 0.3 is 5.91 Å². The number of ketones is 1. The highest BCUT2D eigenvalue weighted by molar-refractivity contribution is 7.22. The first-order valence-electron chi connectivity index (χ1n) is 11.3. The number of benzene rings is 3. The molecule has 2 heterocycles. The van der Waals surface area contributed by atoms with Gasteiger partial charge in [0.2, 0.25) is 0 Å². The second-order valence-corrected chi connectivity index (χ2v) is 9.57. The number of anilines is 1. The van der Waals surface area contributed by atoms with Crippen LogP contribution in [0.15, 0.2) is 66.2 Å². The van der Waals surface area contributed by atoms with E-state index >= 15 is 0 Å². The van der Waals surface area contributed by atoms with Gasteiger partial charge in [0.25, 0.3) is 5.78 Å². The van der Waals surface area contributed by atoms with Gasteiger partial charge in [0, 0.05) is 11.1 Å². The Labute approximate surface area is 212 Å². The van der Waals surface area contributed by atoms with E-state index in [2.05, 4.69) is 0 Å². The fourth-order valence-electron chi connectivity index (χ4n) is 4.58. The van der Waals surface area contributed by atoms with Gasteiger partial charge < -0.3 is 14.6 Å². The maximum absolute atomic E-state index is 13.5. The number of hydrogen-bond acceptors (Lipinski definition) is 7. The Balaban J connectivity index is 1.75. The van der Waals surface area contributed by atoms with Crippen LogP contribution in [0.1, 0.15) is 28.3 Å². The summed E-state index contributed by atoms with van der Waals surface area (Å²) in [5, 5.41) is 11.7. The van der Waals surface area contributed by atoms with Crippen LogP contribution in [0.4, 0.5) is 5.13 Å². The van der Waals surface area contributed by atoms with E-state index in [0.29, 0.717) is 27.8 Å². The number of aromatic nitrogens is 1. The van der Waals surface area contributed by atoms with Gasteiger partial charge in [0.15, 0.2) is 5.13 Å². The third-order valence-corrected chi connectivity index (χ3v) is 7.27. The van der Waals surface area contributed by atoms with Gasteiger partial charge in [-0.15, -0.1) is 0 Å². The minimum atomic E-state index is -0.926. The first-order valence-corrected chi connectivity index (χ1v) is 12.1. The number of fused-ring (bicyclic) bond motifs is 1. The molecule has 3 aromatic carbocycles. The van der Waals surface area contributed by atoms with Crippen LogP contribution >= 0.6 is 11.3 Å². The number of methoxy groups -OCH3 is 2. The summed E-state index contributed by atoms with van der Waals surface area (Å²) in [4.78, 5) is 33.1. The number of rotatable bonds is 5. The lowest BCUT2D eigenvalue weighted by Gasteiger charge is -2.24. The van der Waals surface area contributed by atoms with Crippen LogP contribution in [0.25, 0.3) is 16.0 Å². The number of aliphatic hydroxyl groups excluding tert-OH is 1. The quantitative estimate of drug-likeness (QED) is 0.219. The number of aryl methyl sites for hydroxylation is 2. The van der Waals surface area contributed by atoms with Crippen molar-refractivity contribution in [3.8, 4) is 11.5 Å². The number of Topliss-reactive ketones (excluding diaryl/α,β-unsaturated/α-hetero) is 1. The molecule has 182 valence electrons. The molecule has 1 aromatic heterocycles. The van der Waals surface area contributed by atoms with Crippen LogP contribution in [0.2, 0.25) is 0 Å². The largest absolute Gasteiger partial charge is 0.507 e. The number of thiazole rings is 1. The number of ether oxygens (including phenoxy) is 2. The molecule has 0 aliphatic carbocycles. The van der Waals surface area contributed by atoms with E-state index in [0.717, 1.165) is 21.3 Å². The van der Waals surface area contributed by atoms with Crippen molar-refractivity contribution in [1.29, 1.82) is 0 Å². The molecule has 0 spiro atoms. The van der Waals surface area contributed by atoms with E-state index in [1.807, 2.05) is 32.0 Å². The SMILES string of the molecule is COc1ccc(C(O)=C2C(=O)C(=O)N(c3nc4c(C)cc(C)cc4s3)C2c2ccccc2OC)cc1. The standard InChI is InChI=1S/C28H24N2O5S/c1-15-13-16(2)23-21(14-15)36-28(29-23)30-24(19-7-5-6-8-20(19)35-4)22(26(32)27(30)33)25(31)17-9-11-18(34-3)12-10-17/h5-14,24,31H,1-4H3. The fraction of sp³-hybridized carbons (Fsp3) is 0.179. The predicted molar refractivity (Wildman–Crippen MR) is 140 cm³/mol. The van der Waals surface area contributed by atoms with Crippen molar-refractivity contribution in [3.05, 3.63) is 88.5 Å². The van der Waals surface area contributed by atoms with Crippen molar-refractivity contribution in [2.75, 3.05) is 19.1 Å². The van der Waals surface area contributed by atoms with Gasteiger partial charge in [-0.05, 0) is 61.4 Å². The molecule has 1 aliphatic heterocycles. The van der Waals surface area contributed by atoms with Gasteiger partial charge in [0.1, 0.15) is 23.3 Å². The van der Waals surface area contributed by atoms with Crippen molar-refractivity contribution in [3.63, 3.8) is 0 Å². The van der Waals surface area contributed by atoms with Crippen molar-refractivity contribution >= 4 is 44.1 Å². The lowest BCUT2D eigenvalue weighted by atomic mass is 9.94. The highest BCUT2D eigenvalue weighted by atomic mass is 32.1. The molecule has 1 atom stereocenters. The molecule has 8 heteroatoms. The van der Waals surface area contributed by atoms with Crippen molar-refractivity contribution in [2.45, 2.75) is 19.9 Å². The molecule has 1 fully saturated rings. The zero-order chi connectivity index (χ0) is 25.6. The lowest BCUT2D eigenvalue weighted by molar-refractivity contribution is -0.132. The molecular weight excluding hydrogens is 476 g/mol. The summed E-state index contributed by atoms with van der Waals surface area (Å²) in [6, 6.07) is 16.9. The van der Waals surface area contributed by atoms with Gasteiger partial charge in [-0.2, -0.15) is 0 Å². The molecule has 0 saturated carbocycles. The summed E-state index contributed by atoms with van der Waals surface area (Å²) >= 11 is 1.34. The summed E-state index contributed by atoms with van der Waals surface area (Å²) in [7, 11) is 3.07. The Morgan fingerprint density at radius 3 is 2.42 bits per heavy atom. The number of aliphatic hydroxyl groups is 1. The van der Waals surface area contributed by atoms with E-state index in [-0.39, 0.29) is 11.3 Å². The number of amides is 1. The van der Waals surface area contributed by atoms with Crippen LogP contribution < -0.4 is 14.4 Å². The number of nitrogens with zero attached hydrogens (tertiary/aromatic N) is 2. The van der Waals surface area contributed by atoms with Crippen molar-refractivity contribution < 1.29 is 24.2 Å². The number of carbonyl (C=O) groups excluding carboxylic acids is 2. The molecule has 36 heavy (non-hydrogen) atoms. The van der Waals surface area contributed by atoms with Crippen LogP contribution in [0, 0.1) is 13.8 Å². The second kappa shape index (κ2) is 9.13. The Morgan fingerprint density at radius 2 is 1.72 bits per heavy atom. The van der Waals surface area contributed by atoms with Gasteiger partial charge in [-0.3, -0.25) is 14.5 Å². The number of carbonyl (C=O) groups is 2. The fourth-order valence-corrected chi connectivity index (χ4v) is 5.75. The lowest BCUT2D eigenvalue weighted by Crippen LogP contribution is -2.29. The van der Waals surface area contributed by atoms with Crippen molar-refractivity contribution in [2.24, 2.45) is 0 Å². The minimum absolute atomic E-state index is 0.0261. The van der Waals surface area contributed by atoms with E-state index in [1.165, 1.54) is 23.3 Å². The molecule has 0 bridgehead atoms. The molecular formula is C28H24N2O5S. The Morgan fingerprint density at radius 1 is 1.00 bits per heavy atom. The average molecular weight is 501 g/mol. The van der Waals surface area contributed by atoms with E-state index in [9.17, 15) is 14.7 Å². The second-order valence-electron chi connectivity index (χ2n) is 8.56. The zero-order valence-electron chi connectivity index (χ0n) is 20.2. The Bertz CT molecular complexity index is 1540. The molecule has 1 aliphatic rings. The average Bonchev–Trinajstić information content (AvgIpc) is 3.42. The normalized spacial score (nSPS) is 17.1. The van der Waals surface area contributed by atoms with E-state index in [1.54, 1.807) is 49.6 Å². The monoisotopic (exact) mass is 500 g/mol. The Hall–Kier alpha value is -4.17. The maximum Gasteiger partial charge on any atom is 0.301 e. The molecule has 5 rings (SSSR count). The topological polar surface area (TPSA) is 89.0 Å². The van der Waals surface area contributed by atoms with Gasteiger partial charge in [-0.1, -0.05) is 35.6 Å². The summed E-state index contributed by atoms with van der Waals surface area (Å²) in [6.45, 7) is 3.97. The highest BCUT2D eigenvalue weighted by Crippen LogP contribution is 2.46. The highest BCUT2D eigenvalue weighted by Gasteiger charge is 2.49. The third kappa shape index (κ3) is 3.79. The third-order valence-electron chi connectivity index (χ3n) is 6.27. The molecule has 1 N–H and O–H groups in total. The molecule has 7 nitrogen and oxygen atoms in total. The first-order chi connectivity index (χ1) is 17.3. The zero-order valence-corrected chi connectivity index (χ0v) is 21.1. The summed E-state index contributed by atoms with van der Waals surface area (Å²) < 4.78 is 11.7. The van der Waals surface area contributed by atoms with Crippen LogP contribution in [0.5, 0.6) is 11.5 Å². The summed E-state index contributed by atoms with van der Waals surface area (Å²) in [6.07, 6.45) is 0. The minimum Gasteiger partial charge on any atom is -0.507 e. The molecule has 4 aromatic rings. The van der Waals surface area contributed by atoms with Crippen LogP contribution in [0.3, 0.4) is 0 Å². The smallest absolute Gasteiger partial charge is 0.301 e. The number of para-hydroxylation sites is 1. The molecule has 1 unspecified atom stereocenters. The van der Waals surface area contributed by atoms with Gasteiger partial charge in [-0.25, -0.2) is 4.98 Å². The van der Waals surface area contributed by atoms with Crippen LogP contribution in [-0.4, -0.2) is 36.0 Å². The molecule has 1 amide bonds.